The number of benzene rings is 3. The maximum Gasteiger partial charge on any atom is 0.282 e. The zero-order chi connectivity index (χ0) is 24.4. The van der Waals surface area contributed by atoms with Crippen LogP contribution in [0.3, 0.4) is 0 Å². The second kappa shape index (κ2) is 9.56. The predicted molar refractivity (Wildman–Crippen MR) is 137 cm³/mol. The highest BCUT2D eigenvalue weighted by molar-refractivity contribution is 6.46. The van der Waals surface area contributed by atoms with Gasteiger partial charge in [0, 0.05) is 5.69 Å². The second-order valence-corrected chi connectivity index (χ2v) is 9.12. The van der Waals surface area contributed by atoms with Crippen LogP contribution in [0.5, 0.6) is 5.75 Å². The highest BCUT2D eigenvalue weighted by Gasteiger charge is 2.40. The van der Waals surface area contributed by atoms with Crippen LogP contribution >= 0.6 is 0 Å². The molecule has 34 heavy (non-hydrogen) atoms. The number of aryl methyl sites for hydroxylation is 1. The van der Waals surface area contributed by atoms with Crippen LogP contribution in [-0.2, 0) is 9.59 Å². The van der Waals surface area contributed by atoms with E-state index in [1.54, 1.807) is 12.1 Å². The first-order valence-corrected chi connectivity index (χ1v) is 11.6. The van der Waals surface area contributed by atoms with Crippen LogP contribution in [0.4, 0.5) is 11.4 Å². The molecular weight excluding hydrogens is 424 g/mol. The molecule has 3 aromatic carbocycles. The maximum absolute atomic E-state index is 13.6. The molecule has 0 fully saturated rings. The molecule has 0 unspecified atom stereocenters. The Morgan fingerprint density at radius 1 is 0.765 bits per heavy atom. The summed E-state index contributed by atoms with van der Waals surface area (Å²) < 4.78 is 5.74. The largest absolute Gasteiger partial charge is 0.491 e. The average molecular weight is 455 g/mol. The van der Waals surface area contributed by atoms with Gasteiger partial charge in [0.05, 0.1) is 17.4 Å². The molecule has 0 saturated heterocycles. The lowest BCUT2D eigenvalue weighted by molar-refractivity contribution is -0.120. The van der Waals surface area contributed by atoms with Crippen molar-refractivity contribution in [2.24, 2.45) is 0 Å². The van der Waals surface area contributed by atoms with Crippen LogP contribution in [0.1, 0.15) is 50.3 Å². The Morgan fingerprint density at radius 2 is 1.38 bits per heavy atom. The summed E-state index contributed by atoms with van der Waals surface area (Å²) in [5.41, 5.74) is 4.82. The standard InChI is InChI=1S/C29H30N2O3/c1-18(2)21-8-12-23(13-9-21)30-27-26(22-10-16-25(17-11-22)34-19(3)4)28(32)31(29(27)33)24-14-6-20(5)7-15-24/h6-19,30H,1-5H3. The smallest absolute Gasteiger partial charge is 0.282 e. The number of nitrogens with zero attached hydrogens (tertiary/aromatic N) is 1. The molecule has 1 heterocycles. The first kappa shape index (κ1) is 23.3. The third-order valence-electron chi connectivity index (χ3n) is 5.74. The molecule has 3 aromatic rings. The van der Waals surface area contributed by atoms with Crippen LogP contribution in [-0.4, -0.2) is 17.9 Å². The van der Waals surface area contributed by atoms with Crippen molar-refractivity contribution in [2.75, 3.05) is 10.2 Å². The number of carbonyl (C=O) groups is 2. The SMILES string of the molecule is Cc1ccc(N2C(=O)C(Nc3ccc(C(C)C)cc3)=C(c3ccc(OC(C)C)cc3)C2=O)cc1. The van der Waals surface area contributed by atoms with Crippen LogP contribution in [0.2, 0.25) is 0 Å². The molecular formula is C29H30N2O3. The van der Waals surface area contributed by atoms with Gasteiger partial charge in [0.2, 0.25) is 0 Å². The Labute approximate surface area is 201 Å². The minimum Gasteiger partial charge on any atom is -0.491 e. The van der Waals surface area contributed by atoms with E-state index in [0.29, 0.717) is 28.5 Å². The molecule has 4 rings (SSSR count). The molecule has 5 heteroatoms. The molecule has 174 valence electrons. The number of ether oxygens (including phenoxy) is 1. The lowest BCUT2D eigenvalue weighted by atomic mass is 10.0. The summed E-state index contributed by atoms with van der Waals surface area (Å²) in [4.78, 5) is 28.4. The zero-order valence-corrected chi connectivity index (χ0v) is 20.3. The van der Waals surface area contributed by atoms with E-state index in [-0.39, 0.29) is 23.6 Å². The van der Waals surface area contributed by atoms with Crippen LogP contribution < -0.4 is 15.0 Å². The molecule has 2 amide bonds. The molecule has 0 atom stereocenters. The molecule has 0 aromatic heterocycles. The summed E-state index contributed by atoms with van der Waals surface area (Å²) >= 11 is 0. The Balaban J connectivity index is 1.75. The summed E-state index contributed by atoms with van der Waals surface area (Å²) in [5.74, 6) is 0.388. The van der Waals surface area contributed by atoms with E-state index in [1.165, 1.54) is 10.5 Å². The number of hydrogen-bond donors (Lipinski definition) is 1. The fourth-order valence-corrected chi connectivity index (χ4v) is 3.91. The lowest BCUT2D eigenvalue weighted by Gasteiger charge is -2.16. The summed E-state index contributed by atoms with van der Waals surface area (Å²) in [6.45, 7) is 10.2. The molecule has 0 saturated carbocycles. The number of nitrogens with one attached hydrogen (secondary N) is 1. The van der Waals surface area contributed by atoms with Crippen molar-refractivity contribution in [3.8, 4) is 5.75 Å². The fourth-order valence-electron chi connectivity index (χ4n) is 3.91. The van der Waals surface area contributed by atoms with Gasteiger partial charge in [0.25, 0.3) is 11.8 Å². The maximum atomic E-state index is 13.6. The minimum absolute atomic E-state index is 0.0443. The van der Waals surface area contributed by atoms with Crippen LogP contribution in [0.15, 0.2) is 78.5 Å². The Bertz CT molecular complexity index is 1220. The Hall–Kier alpha value is -3.86. The molecule has 1 N–H and O–H groups in total. The van der Waals surface area contributed by atoms with E-state index in [2.05, 4.69) is 19.2 Å². The summed E-state index contributed by atoms with van der Waals surface area (Å²) in [7, 11) is 0. The quantitative estimate of drug-likeness (QED) is 0.426. The van der Waals surface area contributed by atoms with E-state index >= 15 is 0 Å². The van der Waals surface area contributed by atoms with Gasteiger partial charge in [-0.3, -0.25) is 9.59 Å². The molecule has 0 bridgehead atoms. The first-order chi connectivity index (χ1) is 16.2. The van der Waals surface area contributed by atoms with Gasteiger partial charge in [-0.1, -0.05) is 55.8 Å². The normalized spacial score (nSPS) is 13.9. The van der Waals surface area contributed by atoms with E-state index < -0.39 is 0 Å². The number of imide groups is 1. The van der Waals surface area contributed by atoms with Gasteiger partial charge in [-0.05, 0) is 74.2 Å². The van der Waals surface area contributed by atoms with Crippen LogP contribution in [0, 0.1) is 6.92 Å². The lowest BCUT2D eigenvalue weighted by Crippen LogP contribution is -2.32. The van der Waals surface area contributed by atoms with Gasteiger partial charge in [0.1, 0.15) is 11.4 Å². The third-order valence-corrected chi connectivity index (χ3v) is 5.74. The number of amides is 2. The highest BCUT2D eigenvalue weighted by atomic mass is 16.5. The molecule has 1 aliphatic rings. The number of rotatable bonds is 7. The van der Waals surface area contributed by atoms with Gasteiger partial charge in [-0.15, -0.1) is 0 Å². The van der Waals surface area contributed by atoms with Crippen molar-refractivity contribution in [1.29, 1.82) is 0 Å². The molecule has 0 spiro atoms. The highest BCUT2D eigenvalue weighted by Crippen LogP contribution is 2.34. The van der Waals surface area contributed by atoms with E-state index in [9.17, 15) is 9.59 Å². The van der Waals surface area contributed by atoms with Crippen molar-refractivity contribution >= 4 is 28.8 Å². The Morgan fingerprint density at radius 3 is 1.94 bits per heavy atom. The van der Waals surface area contributed by atoms with Crippen molar-refractivity contribution in [3.05, 3.63) is 95.2 Å². The van der Waals surface area contributed by atoms with Gasteiger partial charge in [-0.2, -0.15) is 0 Å². The van der Waals surface area contributed by atoms with Gasteiger partial charge >= 0.3 is 0 Å². The van der Waals surface area contributed by atoms with E-state index in [4.69, 9.17) is 4.74 Å². The zero-order valence-electron chi connectivity index (χ0n) is 20.3. The molecule has 0 aliphatic carbocycles. The first-order valence-electron chi connectivity index (χ1n) is 11.6. The van der Waals surface area contributed by atoms with Crippen molar-refractivity contribution in [3.63, 3.8) is 0 Å². The third kappa shape index (κ3) is 4.74. The second-order valence-electron chi connectivity index (χ2n) is 9.12. The molecule has 1 aliphatic heterocycles. The fraction of sp³-hybridized carbons (Fsp3) is 0.241. The Kier molecular flexibility index (Phi) is 6.55. The van der Waals surface area contributed by atoms with E-state index in [1.807, 2.05) is 81.4 Å². The van der Waals surface area contributed by atoms with Gasteiger partial charge < -0.3 is 10.1 Å². The summed E-state index contributed by atoms with van der Waals surface area (Å²) in [6.07, 6.45) is 0.0443. The minimum atomic E-state index is -0.376. The average Bonchev–Trinajstić information content (AvgIpc) is 3.04. The van der Waals surface area contributed by atoms with Crippen LogP contribution in [0.25, 0.3) is 5.57 Å². The van der Waals surface area contributed by atoms with Gasteiger partial charge in [0.15, 0.2) is 0 Å². The molecule has 5 nitrogen and oxygen atoms in total. The van der Waals surface area contributed by atoms with Gasteiger partial charge in [-0.25, -0.2) is 4.90 Å². The summed E-state index contributed by atoms with van der Waals surface area (Å²) in [5, 5.41) is 3.23. The van der Waals surface area contributed by atoms with E-state index in [0.717, 1.165) is 11.3 Å². The predicted octanol–water partition coefficient (Wildman–Crippen LogP) is 6.30. The molecule has 0 radical (unpaired) electrons. The summed E-state index contributed by atoms with van der Waals surface area (Å²) in [6, 6.07) is 22.6. The monoisotopic (exact) mass is 454 g/mol. The topological polar surface area (TPSA) is 58.6 Å². The number of anilines is 2. The number of hydrogen-bond acceptors (Lipinski definition) is 4. The van der Waals surface area contributed by atoms with Crippen molar-refractivity contribution < 1.29 is 14.3 Å². The number of carbonyl (C=O) groups excluding carboxylic acids is 2. The van der Waals surface area contributed by atoms with Crippen molar-refractivity contribution in [1.82, 2.24) is 0 Å². The van der Waals surface area contributed by atoms with Crippen molar-refractivity contribution in [2.45, 2.75) is 46.6 Å².